The molecule has 160 valence electrons. The van der Waals surface area contributed by atoms with Crippen LogP contribution in [0.5, 0.6) is 0 Å². The van der Waals surface area contributed by atoms with Gasteiger partial charge >= 0.3 is 49.1 Å². The van der Waals surface area contributed by atoms with Crippen molar-refractivity contribution in [3.8, 4) is 0 Å². The van der Waals surface area contributed by atoms with Crippen molar-refractivity contribution < 1.29 is 8.46 Å². The summed E-state index contributed by atoms with van der Waals surface area (Å²) in [6, 6.07) is 12.7. The van der Waals surface area contributed by atoms with Crippen molar-refractivity contribution >= 4 is 64.5 Å². The van der Waals surface area contributed by atoms with Gasteiger partial charge in [0.05, 0.1) is 35.2 Å². The predicted octanol–water partition coefficient (Wildman–Crippen LogP) is 8.14. The number of hydrogen-bond acceptors (Lipinski definition) is 2. The molecule has 0 saturated heterocycles. The van der Waals surface area contributed by atoms with Crippen LogP contribution in [0.3, 0.4) is 0 Å². The first-order valence-corrected chi connectivity index (χ1v) is 16.7. The Bertz CT molecular complexity index is 940. The number of nitrogens with one attached hydrogen (secondary N) is 1. The summed E-state index contributed by atoms with van der Waals surface area (Å²) in [4.78, 5) is 12.7. The van der Waals surface area contributed by atoms with Gasteiger partial charge in [0.25, 0.3) is 0 Å². The topological polar surface area (TPSA) is 40.5 Å². The second kappa shape index (κ2) is 12.2. The standard InChI is InChI=1S/C24H27N3.Fe.2HI/c1-15-9-17(3)23(18(4)10-15)25-13-21-7-8-22(27-21)14-26-24-19(5)11-16(2)12-20(24)6;;;/h7-14,27H,1-6H3;;2*1H/q;+2;;/p-2. The Labute approximate surface area is 208 Å². The number of H-pyrrole nitrogens is 1. The summed E-state index contributed by atoms with van der Waals surface area (Å²) in [5.41, 5.74) is 11.3. The molecule has 3 rings (SSSR count). The maximum atomic E-state index is 4.69. The molecule has 0 bridgehead atoms. The molecular formula is C24H27FeI2N3. The number of halogens is 2. The van der Waals surface area contributed by atoms with E-state index in [-0.39, 0.29) is 0 Å². The van der Waals surface area contributed by atoms with Gasteiger partial charge in [-0.05, 0) is 75.9 Å². The number of aromatic nitrogens is 1. The van der Waals surface area contributed by atoms with Gasteiger partial charge in [0.2, 0.25) is 0 Å². The fourth-order valence-corrected chi connectivity index (χ4v) is 3.60. The average molecular weight is 667 g/mol. The Balaban J connectivity index is 0.00000101. The third-order valence-corrected chi connectivity index (χ3v) is 4.67. The minimum absolute atomic E-state index is 0.966. The van der Waals surface area contributed by atoms with E-state index in [1.165, 1.54) is 41.8 Å². The van der Waals surface area contributed by atoms with Crippen LogP contribution in [0.25, 0.3) is 0 Å². The van der Waals surface area contributed by atoms with E-state index in [2.05, 4.69) is 121 Å². The maximum absolute atomic E-state index is 4.69. The van der Waals surface area contributed by atoms with Gasteiger partial charge in [-0.3, -0.25) is 9.98 Å². The van der Waals surface area contributed by atoms with Crippen LogP contribution >= 0.6 is 40.7 Å². The van der Waals surface area contributed by atoms with Gasteiger partial charge in [0, 0.05) is 0 Å². The summed E-state index contributed by atoms with van der Waals surface area (Å²) in [6.45, 7) is 12.6. The molecule has 2 aromatic carbocycles. The van der Waals surface area contributed by atoms with E-state index in [9.17, 15) is 0 Å². The predicted molar refractivity (Wildman–Crippen MR) is 145 cm³/mol. The van der Waals surface area contributed by atoms with E-state index in [0.717, 1.165) is 22.8 Å². The molecule has 6 heteroatoms. The Hall–Kier alpha value is -0.961. The van der Waals surface area contributed by atoms with Crippen LogP contribution in [0.15, 0.2) is 46.4 Å². The second-order valence-electron chi connectivity index (χ2n) is 7.43. The van der Waals surface area contributed by atoms with Gasteiger partial charge in [0.1, 0.15) is 0 Å². The molecule has 0 saturated carbocycles. The van der Waals surface area contributed by atoms with Crippen LogP contribution in [0.4, 0.5) is 11.4 Å². The third-order valence-electron chi connectivity index (χ3n) is 4.67. The van der Waals surface area contributed by atoms with Crippen molar-refractivity contribution in [2.75, 3.05) is 0 Å². The van der Waals surface area contributed by atoms with Crippen molar-refractivity contribution in [1.82, 2.24) is 4.98 Å². The SMILES string of the molecule is Cc1cc(C)c(N=Cc2ccc(C=Nc3c(C)cc(C)cc3C)[nH]2)c(C)c1.[I][Fe][I]. The van der Waals surface area contributed by atoms with Crippen LogP contribution < -0.4 is 0 Å². The molecular weight excluding hydrogens is 640 g/mol. The molecule has 1 heterocycles. The van der Waals surface area contributed by atoms with Gasteiger partial charge in [-0.2, -0.15) is 0 Å². The molecule has 3 nitrogen and oxygen atoms in total. The zero-order valence-electron chi connectivity index (χ0n) is 18.1. The number of aryl methyl sites for hydroxylation is 6. The van der Waals surface area contributed by atoms with Crippen LogP contribution in [-0.2, 0) is 8.46 Å². The third kappa shape index (κ3) is 7.32. The van der Waals surface area contributed by atoms with Crippen molar-refractivity contribution in [3.05, 3.63) is 81.2 Å². The first kappa shape index (κ1) is 25.3. The van der Waals surface area contributed by atoms with E-state index in [1.807, 2.05) is 24.6 Å². The van der Waals surface area contributed by atoms with Crippen LogP contribution in [0, 0.1) is 41.5 Å². The molecule has 0 aliphatic heterocycles. The first-order chi connectivity index (χ1) is 14.2. The minimum atomic E-state index is 0.966. The molecule has 0 atom stereocenters. The number of nitrogens with zero attached hydrogens (tertiary/aromatic N) is 2. The Morgan fingerprint density at radius 2 is 0.967 bits per heavy atom. The molecule has 0 aliphatic rings. The molecule has 0 spiro atoms. The van der Waals surface area contributed by atoms with E-state index in [1.54, 1.807) is 0 Å². The molecule has 3 aromatic rings. The average Bonchev–Trinajstić information content (AvgIpc) is 3.08. The van der Waals surface area contributed by atoms with E-state index >= 15 is 0 Å². The van der Waals surface area contributed by atoms with Gasteiger partial charge in [-0.25, -0.2) is 0 Å². The summed E-state index contributed by atoms with van der Waals surface area (Å²) in [7, 11) is 1.19. The summed E-state index contributed by atoms with van der Waals surface area (Å²) >= 11 is 4.55. The van der Waals surface area contributed by atoms with E-state index < -0.39 is 0 Å². The number of hydrogen-bond donors (Lipinski definition) is 1. The quantitative estimate of drug-likeness (QED) is 0.166. The van der Waals surface area contributed by atoms with Crippen LogP contribution in [0.1, 0.15) is 44.8 Å². The number of rotatable bonds is 4. The molecule has 0 fully saturated rings. The molecule has 0 unspecified atom stereocenters. The normalized spacial score (nSPS) is 11.3. The first-order valence-electron chi connectivity index (χ1n) is 9.53. The zero-order valence-corrected chi connectivity index (χ0v) is 23.5. The molecule has 1 N–H and O–H groups in total. The fraction of sp³-hybridized carbons (Fsp3) is 0.250. The fourth-order valence-electron chi connectivity index (χ4n) is 3.60. The summed E-state index contributed by atoms with van der Waals surface area (Å²) in [5, 5.41) is 0. The summed E-state index contributed by atoms with van der Waals surface area (Å²) in [5.74, 6) is 0. The second-order valence-corrected chi connectivity index (χ2v) is 16.8. The van der Waals surface area contributed by atoms with Crippen LogP contribution in [0.2, 0.25) is 0 Å². The summed E-state index contributed by atoms with van der Waals surface area (Å²) in [6.07, 6.45) is 3.76. The number of aromatic amines is 1. The van der Waals surface area contributed by atoms with Crippen molar-refractivity contribution in [3.63, 3.8) is 0 Å². The van der Waals surface area contributed by atoms with E-state index in [0.29, 0.717) is 0 Å². The zero-order chi connectivity index (χ0) is 22.3. The van der Waals surface area contributed by atoms with Gasteiger partial charge < -0.3 is 4.98 Å². The van der Waals surface area contributed by atoms with Crippen molar-refractivity contribution in [2.45, 2.75) is 41.5 Å². The van der Waals surface area contributed by atoms with Crippen molar-refractivity contribution in [2.24, 2.45) is 9.98 Å². The number of aliphatic imine (C=N–C) groups is 2. The van der Waals surface area contributed by atoms with Gasteiger partial charge in [-0.1, -0.05) is 35.4 Å². The number of benzene rings is 2. The van der Waals surface area contributed by atoms with E-state index in [4.69, 9.17) is 0 Å². The van der Waals surface area contributed by atoms with Crippen LogP contribution in [-0.4, -0.2) is 17.4 Å². The van der Waals surface area contributed by atoms with Gasteiger partial charge in [-0.15, -0.1) is 0 Å². The van der Waals surface area contributed by atoms with Crippen molar-refractivity contribution in [1.29, 1.82) is 0 Å². The molecule has 1 aromatic heterocycles. The summed E-state index contributed by atoms with van der Waals surface area (Å²) < 4.78 is 0. The molecule has 0 radical (unpaired) electrons. The molecule has 30 heavy (non-hydrogen) atoms. The Morgan fingerprint density at radius 1 is 0.667 bits per heavy atom. The van der Waals surface area contributed by atoms with Gasteiger partial charge in [0.15, 0.2) is 0 Å². The molecule has 0 aliphatic carbocycles. The monoisotopic (exact) mass is 667 g/mol. The Kier molecular flexibility index (Phi) is 10.3. The Morgan fingerprint density at radius 3 is 1.27 bits per heavy atom. The molecule has 0 amide bonds.